The van der Waals surface area contributed by atoms with E-state index in [0.717, 1.165) is 37.9 Å². The van der Waals surface area contributed by atoms with E-state index in [0.29, 0.717) is 16.1 Å². The summed E-state index contributed by atoms with van der Waals surface area (Å²) >= 11 is 4.93. The van der Waals surface area contributed by atoms with Crippen molar-refractivity contribution in [3.63, 3.8) is 0 Å². The molecule has 0 aliphatic carbocycles. The second-order valence-corrected chi connectivity index (χ2v) is 9.45. The first-order valence-electron chi connectivity index (χ1n) is 9.90. The molecule has 0 bridgehead atoms. The van der Waals surface area contributed by atoms with Crippen LogP contribution in [0.4, 0.5) is 0 Å². The van der Waals surface area contributed by atoms with Gasteiger partial charge in [0.1, 0.15) is 12.4 Å². The van der Waals surface area contributed by atoms with E-state index in [9.17, 15) is 4.79 Å². The molecule has 0 atom stereocenters. The number of imidazole rings is 1. The van der Waals surface area contributed by atoms with Crippen LogP contribution in [-0.2, 0) is 6.61 Å². The molecule has 0 N–H and O–H groups in total. The number of aryl methyl sites for hydroxylation is 2. The highest BCUT2D eigenvalue weighted by Gasteiger charge is 2.13. The molecule has 3 aromatic carbocycles. The zero-order valence-corrected chi connectivity index (χ0v) is 19.5. The molecule has 0 amide bonds. The van der Waals surface area contributed by atoms with Gasteiger partial charge in [-0.3, -0.25) is 4.79 Å². The van der Waals surface area contributed by atoms with Gasteiger partial charge in [0, 0.05) is 10.0 Å². The molecule has 31 heavy (non-hydrogen) atoms. The average Bonchev–Trinajstić information content (AvgIpc) is 3.24. The van der Waals surface area contributed by atoms with Crippen LogP contribution < -0.4 is 14.8 Å². The summed E-state index contributed by atoms with van der Waals surface area (Å²) in [6, 6.07) is 19.9. The largest absolute Gasteiger partial charge is 0.488 e. The third kappa shape index (κ3) is 3.77. The zero-order valence-electron chi connectivity index (χ0n) is 17.1. The average molecular weight is 491 g/mol. The van der Waals surface area contributed by atoms with Gasteiger partial charge in [0.25, 0.3) is 5.56 Å². The SMILES string of the molecule is Cc1cc2nc3s/c(=C\c4cc(Br)ccc4OCc4ccccc4)c(=O)n3c2cc1C. The molecular formula is C25H19BrN2O2S. The third-order valence-corrected chi connectivity index (χ3v) is 6.81. The van der Waals surface area contributed by atoms with Gasteiger partial charge in [-0.2, -0.15) is 0 Å². The molecule has 0 aliphatic heterocycles. The van der Waals surface area contributed by atoms with Crippen LogP contribution in [-0.4, -0.2) is 9.38 Å². The summed E-state index contributed by atoms with van der Waals surface area (Å²) in [5.41, 5.74) is 5.91. The summed E-state index contributed by atoms with van der Waals surface area (Å²) in [6.07, 6.45) is 1.89. The normalized spacial score (nSPS) is 12.2. The van der Waals surface area contributed by atoms with E-state index < -0.39 is 0 Å². The summed E-state index contributed by atoms with van der Waals surface area (Å²) in [5, 5.41) is 0. The number of ether oxygens (including phenoxy) is 1. The van der Waals surface area contributed by atoms with Crippen molar-refractivity contribution >= 4 is 49.3 Å². The van der Waals surface area contributed by atoms with Gasteiger partial charge >= 0.3 is 0 Å². The molecule has 0 unspecified atom stereocenters. The van der Waals surface area contributed by atoms with E-state index in [2.05, 4.69) is 34.8 Å². The summed E-state index contributed by atoms with van der Waals surface area (Å²) in [5.74, 6) is 0.730. The maximum atomic E-state index is 13.2. The Balaban J connectivity index is 1.60. The Morgan fingerprint density at radius 2 is 1.84 bits per heavy atom. The first-order valence-corrected chi connectivity index (χ1v) is 11.5. The molecule has 6 heteroatoms. The fourth-order valence-corrected chi connectivity index (χ4v) is 4.92. The van der Waals surface area contributed by atoms with E-state index in [1.165, 1.54) is 16.9 Å². The van der Waals surface area contributed by atoms with E-state index in [4.69, 9.17) is 4.74 Å². The monoisotopic (exact) mass is 490 g/mol. The smallest absolute Gasteiger partial charge is 0.274 e. The fourth-order valence-electron chi connectivity index (χ4n) is 3.56. The molecule has 0 fully saturated rings. The van der Waals surface area contributed by atoms with Crippen molar-refractivity contribution in [1.29, 1.82) is 0 Å². The third-order valence-electron chi connectivity index (χ3n) is 5.35. The molecule has 0 radical (unpaired) electrons. The molecule has 154 valence electrons. The van der Waals surface area contributed by atoms with Crippen LogP contribution in [0, 0.1) is 13.8 Å². The van der Waals surface area contributed by atoms with Gasteiger partial charge in [-0.15, -0.1) is 0 Å². The van der Waals surface area contributed by atoms with Crippen molar-refractivity contribution in [3.8, 4) is 5.75 Å². The van der Waals surface area contributed by atoms with Crippen LogP contribution in [0.2, 0.25) is 0 Å². The Morgan fingerprint density at radius 3 is 2.65 bits per heavy atom. The minimum atomic E-state index is -0.0558. The Kier molecular flexibility index (Phi) is 5.12. The molecule has 5 rings (SSSR count). The highest BCUT2D eigenvalue weighted by Crippen LogP contribution is 2.25. The van der Waals surface area contributed by atoms with Gasteiger partial charge in [-0.05, 0) is 66.9 Å². The number of benzene rings is 3. The number of rotatable bonds is 4. The predicted octanol–water partition coefficient (Wildman–Crippen LogP) is 5.42. The van der Waals surface area contributed by atoms with Gasteiger partial charge in [0.2, 0.25) is 0 Å². The molecular weight excluding hydrogens is 472 g/mol. The maximum absolute atomic E-state index is 13.2. The topological polar surface area (TPSA) is 43.6 Å². The first kappa shape index (κ1) is 20.0. The van der Waals surface area contributed by atoms with E-state index in [1.54, 1.807) is 4.40 Å². The van der Waals surface area contributed by atoms with Crippen molar-refractivity contribution in [2.45, 2.75) is 20.5 Å². The van der Waals surface area contributed by atoms with Gasteiger partial charge in [0.15, 0.2) is 4.96 Å². The maximum Gasteiger partial charge on any atom is 0.274 e. The zero-order chi connectivity index (χ0) is 21.5. The van der Waals surface area contributed by atoms with Gasteiger partial charge in [-0.1, -0.05) is 57.6 Å². The summed E-state index contributed by atoms with van der Waals surface area (Å²) in [7, 11) is 0. The van der Waals surface area contributed by atoms with Crippen molar-refractivity contribution in [2.24, 2.45) is 0 Å². The minimum absolute atomic E-state index is 0.0558. The Hall–Kier alpha value is -2.96. The lowest BCUT2D eigenvalue weighted by Gasteiger charge is -2.09. The standard InChI is InChI=1S/C25H19BrN2O2S/c1-15-10-20-21(11-16(15)2)28-24(29)23(31-25(28)27-20)13-18-12-19(26)8-9-22(18)30-14-17-6-4-3-5-7-17/h3-13H,14H2,1-2H3/b23-13-. The van der Waals surface area contributed by atoms with Gasteiger partial charge < -0.3 is 4.74 Å². The number of fused-ring (bicyclic) bond motifs is 3. The minimum Gasteiger partial charge on any atom is -0.488 e. The van der Waals surface area contributed by atoms with Crippen molar-refractivity contribution in [2.75, 3.05) is 0 Å². The number of halogens is 1. The van der Waals surface area contributed by atoms with Crippen LogP contribution in [0.5, 0.6) is 5.75 Å². The number of thiazole rings is 1. The van der Waals surface area contributed by atoms with E-state index >= 15 is 0 Å². The highest BCUT2D eigenvalue weighted by atomic mass is 79.9. The highest BCUT2D eigenvalue weighted by molar-refractivity contribution is 9.10. The van der Waals surface area contributed by atoms with Crippen LogP contribution >= 0.6 is 27.3 Å². The molecule has 0 saturated carbocycles. The summed E-state index contributed by atoms with van der Waals surface area (Å²) < 4.78 is 9.34. The molecule has 4 nitrogen and oxygen atoms in total. The van der Waals surface area contributed by atoms with Crippen LogP contribution in [0.25, 0.3) is 22.1 Å². The number of nitrogens with zero attached hydrogens (tertiary/aromatic N) is 2. The lowest BCUT2D eigenvalue weighted by molar-refractivity contribution is 0.305. The van der Waals surface area contributed by atoms with Gasteiger partial charge in [-0.25, -0.2) is 9.38 Å². The van der Waals surface area contributed by atoms with Crippen LogP contribution in [0.15, 0.2) is 69.9 Å². The predicted molar refractivity (Wildman–Crippen MR) is 130 cm³/mol. The number of hydrogen-bond acceptors (Lipinski definition) is 4. The Labute approximate surface area is 191 Å². The van der Waals surface area contributed by atoms with E-state index in [1.807, 2.05) is 66.7 Å². The quantitative estimate of drug-likeness (QED) is 0.338. The fraction of sp³-hybridized carbons (Fsp3) is 0.120. The van der Waals surface area contributed by atoms with Gasteiger partial charge in [0.05, 0.1) is 15.6 Å². The Bertz CT molecular complexity index is 1540. The van der Waals surface area contributed by atoms with Crippen molar-refractivity contribution in [1.82, 2.24) is 9.38 Å². The lowest BCUT2D eigenvalue weighted by atomic mass is 10.1. The molecule has 2 aromatic heterocycles. The second kappa shape index (κ2) is 7.94. The summed E-state index contributed by atoms with van der Waals surface area (Å²) in [4.78, 5) is 18.6. The van der Waals surface area contributed by atoms with Crippen LogP contribution in [0.1, 0.15) is 22.3 Å². The molecule has 0 saturated heterocycles. The molecule has 0 aliphatic rings. The number of hydrogen-bond donors (Lipinski definition) is 0. The number of aromatic nitrogens is 2. The van der Waals surface area contributed by atoms with Crippen LogP contribution in [0.3, 0.4) is 0 Å². The second-order valence-electron chi connectivity index (χ2n) is 7.53. The van der Waals surface area contributed by atoms with E-state index in [-0.39, 0.29) is 5.56 Å². The lowest BCUT2D eigenvalue weighted by Crippen LogP contribution is -2.22. The molecule has 5 aromatic rings. The molecule has 2 heterocycles. The van der Waals surface area contributed by atoms with Crippen molar-refractivity contribution < 1.29 is 4.74 Å². The summed E-state index contributed by atoms with van der Waals surface area (Å²) in [6.45, 7) is 4.57. The van der Waals surface area contributed by atoms with Crippen molar-refractivity contribution in [3.05, 3.63) is 102 Å². The first-order chi connectivity index (χ1) is 15.0. The Morgan fingerprint density at radius 1 is 1.06 bits per heavy atom. The molecule has 0 spiro atoms.